The molecule has 2 saturated carbocycles. The first kappa shape index (κ1) is 12.9. The molecule has 0 radical (unpaired) electrons. The van der Waals surface area contributed by atoms with Crippen LogP contribution < -0.4 is 10.6 Å². The predicted molar refractivity (Wildman–Crippen MR) is 79.1 cm³/mol. The average Bonchev–Trinajstić information content (AvgIpc) is 3.32. The zero-order valence-electron chi connectivity index (χ0n) is 11.9. The molecule has 2 aliphatic rings. The lowest BCUT2D eigenvalue weighted by Gasteiger charge is -2.25. The van der Waals surface area contributed by atoms with Crippen LogP contribution in [0, 0.1) is 11.8 Å². The van der Waals surface area contributed by atoms with Crippen molar-refractivity contribution in [2.24, 2.45) is 17.6 Å². The number of anilines is 1. The van der Waals surface area contributed by atoms with Gasteiger partial charge < -0.3 is 10.6 Å². The third-order valence-corrected chi connectivity index (χ3v) is 4.31. The maximum absolute atomic E-state index is 6.03. The number of pyridine rings is 1. The van der Waals surface area contributed by atoms with Crippen molar-refractivity contribution in [3.63, 3.8) is 0 Å². The molecule has 104 valence electrons. The van der Waals surface area contributed by atoms with Crippen molar-refractivity contribution in [3.8, 4) is 0 Å². The Kier molecular flexibility index (Phi) is 3.74. The first-order chi connectivity index (χ1) is 9.26. The predicted octanol–water partition coefficient (Wildman–Crippen LogP) is 3.12. The summed E-state index contributed by atoms with van der Waals surface area (Å²) in [5.74, 6) is 1.85. The largest absolute Gasteiger partial charge is 0.370 e. The van der Waals surface area contributed by atoms with Crippen molar-refractivity contribution in [2.75, 3.05) is 18.0 Å². The van der Waals surface area contributed by atoms with E-state index in [-0.39, 0.29) is 6.04 Å². The fourth-order valence-electron chi connectivity index (χ4n) is 2.52. The van der Waals surface area contributed by atoms with Gasteiger partial charge >= 0.3 is 0 Å². The summed E-state index contributed by atoms with van der Waals surface area (Å²) in [5.41, 5.74) is 8.33. The van der Waals surface area contributed by atoms with E-state index in [2.05, 4.69) is 28.9 Å². The lowest BCUT2D eigenvalue weighted by Crippen LogP contribution is -2.28. The number of hydrogen-bond acceptors (Lipinski definition) is 3. The van der Waals surface area contributed by atoms with Gasteiger partial charge in [0.25, 0.3) is 0 Å². The van der Waals surface area contributed by atoms with Crippen LogP contribution in [-0.2, 0) is 0 Å². The summed E-state index contributed by atoms with van der Waals surface area (Å²) in [7, 11) is 0. The molecule has 0 unspecified atom stereocenters. The van der Waals surface area contributed by atoms with Crippen LogP contribution in [0.5, 0.6) is 0 Å². The zero-order chi connectivity index (χ0) is 13.2. The topological polar surface area (TPSA) is 42.1 Å². The second kappa shape index (κ2) is 5.49. The normalized spacial score (nSPS) is 20.3. The summed E-state index contributed by atoms with van der Waals surface area (Å²) in [5, 5.41) is 0. The van der Waals surface area contributed by atoms with E-state index in [1.165, 1.54) is 44.5 Å². The Morgan fingerprint density at radius 2 is 1.84 bits per heavy atom. The fourth-order valence-corrected chi connectivity index (χ4v) is 2.52. The molecule has 3 heteroatoms. The minimum Gasteiger partial charge on any atom is -0.370 e. The molecule has 1 atom stereocenters. The lowest BCUT2D eigenvalue weighted by atomic mass is 10.1. The van der Waals surface area contributed by atoms with E-state index in [0.717, 1.165) is 24.0 Å². The molecular weight excluding hydrogens is 234 g/mol. The van der Waals surface area contributed by atoms with Crippen molar-refractivity contribution >= 4 is 5.69 Å². The van der Waals surface area contributed by atoms with Crippen LogP contribution in [0.25, 0.3) is 0 Å². The van der Waals surface area contributed by atoms with E-state index < -0.39 is 0 Å². The SMILES string of the molecule is CC[C@@H](N)c1ccc(N(CC2CC2)CC2CC2)cn1. The third-order valence-electron chi connectivity index (χ3n) is 4.31. The highest BCUT2D eigenvalue weighted by Crippen LogP contribution is 2.35. The molecular formula is C16H25N3. The number of nitrogens with two attached hydrogens (primary N) is 1. The summed E-state index contributed by atoms with van der Waals surface area (Å²) < 4.78 is 0. The maximum Gasteiger partial charge on any atom is 0.0572 e. The molecule has 1 heterocycles. The van der Waals surface area contributed by atoms with Gasteiger partial charge in [0.15, 0.2) is 0 Å². The number of rotatable bonds is 7. The highest BCUT2D eigenvalue weighted by Gasteiger charge is 2.29. The Morgan fingerprint density at radius 1 is 1.21 bits per heavy atom. The van der Waals surface area contributed by atoms with Crippen molar-refractivity contribution in [3.05, 3.63) is 24.0 Å². The molecule has 0 spiro atoms. The Labute approximate surface area is 116 Å². The van der Waals surface area contributed by atoms with Crippen molar-refractivity contribution in [1.29, 1.82) is 0 Å². The second-order valence-corrected chi connectivity index (χ2v) is 6.25. The van der Waals surface area contributed by atoms with Crippen molar-refractivity contribution < 1.29 is 0 Å². The van der Waals surface area contributed by atoms with Gasteiger partial charge in [-0.2, -0.15) is 0 Å². The number of aromatic nitrogens is 1. The Bertz CT molecular complexity index is 393. The summed E-state index contributed by atoms with van der Waals surface area (Å²) in [4.78, 5) is 7.10. The fraction of sp³-hybridized carbons (Fsp3) is 0.688. The van der Waals surface area contributed by atoms with Gasteiger partial charge in [0, 0.05) is 19.1 Å². The molecule has 0 aromatic carbocycles. The first-order valence-corrected chi connectivity index (χ1v) is 7.72. The van der Waals surface area contributed by atoms with Crippen LogP contribution in [0.3, 0.4) is 0 Å². The van der Waals surface area contributed by atoms with E-state index in [4.69, 9.17) is 5.73 Å². The summed E-state index contributed by atoms with van der Waals surface area (Å²) in [6.07, 6.45) is 8.61. The molecule has 2 N–H and O–H groups in total. The van der Waals surface area contributed by atoms with Gasteiger partial charge in [-0.3, -0.25) is 4.98 Å². The van der Waals surface area contributed by atoms with E-state index in [0.29, 0.717) is 0 Å². The molecule has 1 aromatic heterocycles. The molecule has 3 nitrogen and oxygen atoms in total. The van der Waals surface area contributed by atoms with E-state index in [1.807, 2.05) is 6.20 Å². The van der Waals surface area contributed by atoms with Crippen molar-refractivity contribution in [2.45, 2.75) is 45.1 Å². The second-order valence-electron chi connectivity index (χ2n) is 6.25. The van der Waals surface area contributed by atoms with Gasteiger partial charge in [-0.15, -0.1) is 0 Å². The Morgan fingerprint density at radius 3 is 2.26 bits per heavy atom. The highest BCUT2D eigenvalue weighted by molar-refractivity contribution is 5.45. The number of hydrogen-bond donors (Lipinski definition) is 1. The van der Waals surface area contributed by atoms with Crippen LogP contribution in [0.2, 0.25) is 0 Å². The molecule has 19 heavy (non-hydrogen) atoms. The summed E-state index contributed by atoms with van der Waals surface area (Å²) in [6.45, 7) is 4.54. The minimum atomic E-state index is 0.0781. The van der Waals surface area contributed by atoms with Crippen LogP contribution in [0.4, 0.5) is 5.69 Å². The van der Waals surface area contributed by atoms with Gasteiger partial charge in [0.1, 0.15) is 0 Å². The minimum absolute atomic E-state index is 0.0781. The van der Waals surface area contributed by atoms with Crippen LogP contribution in [-0.4, -0.2) is 18.1 Å². The lowest BCUT2D eigenvalue weighted by molar-refractivity contribution is 0.665. The molecule has 0 bridgehead atoms. The van der Waals surface area contributed by atoms with Crippen LogP contribution in [0.1, 0.15) is 50.8 Å². The van der Waals surface area contributed by atoms with E-state index >= 15 is 0 Å². The molecule has 0 aliphatic heterocycles. The third kappa shape index (κ3) is 3.47. The molecule has 0 saturated heterocycles. The molecule has 2 aliphatic carbocycles. The molecule has 0 amide bonds. The summed E-state index contributed by atoms with van der Waals surface area (Å²) >= 11 is 0. The summed E-state index contributed by atoms with van der Waals surface area (Å²) in [6, 6.07) is 4.40. The zero-order valence-corrected chi connectivity index (χ0v) is 11.9. The highest BCUT2D eigenvalue weighted by atomic mass is 15.1. The van der Waals surface area contributed by atoms with Crippen LogP contribution >= 0.6 is 0 Å². The van der Waals surface area contributed by atoms with Gasteiger partial charge in [0.2, 0.25) is 0 Å². The maximum atomic E-state index is 6.03. The van der Waals surface area contributed by atoms with E-state index in [9.17, 15) is 0 Å². The van der Waals surface area contributed by atoms with E-state index in [1.54, 1.807) is 0 Å². The smallest absolute Gasteiger partial charge is 0.0572 e. The van der Waals surface area contributed by atoms with Crippen molar-refractivity contribution in [1.82, 2.24) is 4.98 Å². The Hall–Kier alpha value is -1.09. The average molecular weight is 259 g/mol. The quantitative estimate of drug-likeness (QED) is 0.818. The number of nitrogens with zero attached hydrogens (tertiary/aromatic N) is 2. The van der Waals surface area contributed by atoms with Gasteiger partial charge in [0.05, 0.1) is 17.6 Å². The molecule has 2 fully saturated rings. The van der Waals surface area contributed by atoms with Gasteiger partial charge in [-0.05, 0) is 56.1 Å². The standard InChI is InChI=1S/C16H25N3/c1-2-15(17)16-8-7-14(9-18-16)19(10-12-3-4-12)11-13-5-6-13/h7-9,12-13,15H,2-6,10-11,17H2,1H3/t15-/m1/s1. The van der Waals surface area contributed by atoms with Gasteiger partial charge in [-0.25, -0.2) is 0 Å². The first-order valence-electron chi connectivity index (χ1n) is 7.72. The van der Waals surface area contributed by atoms with Crippen LogP contribution in [0.15, 0.2) is 18.3 Å². The molecule has 1 aromatic rings. The Balaban J connectivity index is 1.68. The monoisotopic (exact) mass is 259 g/mol. The van der Waals surface area contributed by atoms with Gasteiger partial charge in [-0.1, -0.05) is 6.92 Å². The molecule has 3 rings (SSSR count).